The minimum absolute atomic E-state index is 0. The predicted octanol–water partition coefficient (Wildman–Crippen LogP) is 3.63. The number of halogens is 2. The topological polar surface area (TPSA) is 49.8 Å². The van der Waals surface area contributed by atoms with Crippen molar-refractivity contribution in [3.8, 4) is 11.3 Å². The summed E-state index contributed by atoms with van der Waals surface area (Å²) in [6.45, 7) is 1.89. The molecule has 1 saturated heterocycles. The summed E-state index contributed by atoms with van der Waals surface area (Å²) in [6.07, 6.45) is 1.03. The van der Waals surface area contributed by atoms with Gasteiger partial charge in [0.25, 0.3) is 0 Å². The summed E-state index contributed by atoms with van der Waals surface area (Å²) in [7, 11) is 0. The minimum atomic E-state index is -0.273. The molecule has 4 rings (SSSR count). The van der Waals surface area contributed by atoms with Gasteiger partial charge in [-0.2, -0.15) is 0 Å². The van der Waals surface area contributed by atoms with Crippen LogP contribution in [0.25, 0.3) is 22.2 Å². The number of nitrogens with one attached hydrogen (secondary N) is 2. The molecule has 24 heavy (non-hydrogen) atoms. The van der Waals surface area contributed by atoms with Crippen molar-refractivity contribution in [1.82, 2.24) is 15.3 Å². The van der Waals surface area contributed by atoms with E-state index in [9.17, 15) is 4.39 Å². The van der Waals surface area contributed by atoms with E-state index in [1.54, 1.807) is 12.1 Å². The summed E-state index contributed by atoms with van der Waals surface area (Å²) >= 11 is 0. The average molecular weight is 345 g/mol. The van der Waals surface area contributed by atoms with Crippen LogP contribution in [0.1, 0.15) is 6.42 Å². The maximum Gasteiger partial charge on any atom is 0.224 e. The van der Waals surface area contributed by atoms with Crippen molar-refractivity contribution in [2.24, 2.45) is 0 Å². The predicted molar refractivity (Wildman–Crippen MR) is 97.1 cm³/mol. The van der Waals surface area contributed by atoms with Crippen LogP contribution >= 0.6 is 12.4 Å². The molecule has 4 nitrogen and oxygen atoms in total. The molecule has 1 aliphatic rings. The van der Waals surface area contributed by atoms with Crippen molar-refractivity contribution in [2.75, 3.05) is 18.4 Å². The molecule has 0 aliphatic carbocycles. The molecule has 0 spiro atoms. The van der Waals surface area contributed by atoms with Gasteiger partial charge in [-0.15, -0.1) is 12.4 Å². The highest BCUT2D eigenvalue weighted by atomic mass is 35.5. The normalized spacial score (nSPS) is 16.8. The molecule has 3 aromatic rings. The van der Waals surface area contributed by atoms with Gasteiger partial charge in [0.05, 0.1) is 11.2 Å². The molecule has 6 heteroatoms. The third-order valence-electron chi connectivity index (χ3n) is 4.13. The van der Waals surface area contributed by atoms with E-state index in [-0.39, 0.29) is 18.2 Å². The van der Waals surface area contributed by atoms with Crippen LogP contribution in [-0.2, 0) is 0 Å². The van der Waals surface area contributed by atoms with Crippen molar-refractivity contribution in [3.63, 3.8) is 0 Å². The molecule has 124 valence electrons. The Hall–Kier alpha value is -2.24. The first kappa shape index (κ1) is 16.6. The monoisotopic (exact) mass is 344 g/mol. The summed E-state index contributed by atoms with van der Waals surface area (Å²) in [6, 6.07) is 14.7. The number of hydrogen-bond acceptors (Lipinski definition) is 4. The van der Waals surface area contributed by atoms with Crippen LogP contribution in [0.15, 0.2) is 48.5 Å². The smallest absolute Gasteiger partial charge is 0.224 e. The van der Waals surface area contributed by atoms with Gasteiger partial charge < -0.3 is 10.6 Å². The molecule has 1 atom stereocenters. The van der Waals surface area contributed by atoms with Crippen molar-refractivity contribution in [3.05, 3.63) is 54.3 Å². The SMILES string of the molecule is Cl.Fc1ccccc1-c1nc(NC2CCNC2)nc2ccccc12. The van der Waals surface area contributed by atoms with Gasteiger partial charge in [-0.1, -0.05) is 30.3 Å². The second-order valence-electron chi connectivity index (χ2n) is 5.73. The van der Waals surface area contributed by atoms with Crippen LogP contribution in [0.2, 0.25) is 0 Å². The van der Waals surface area contributed by atoms with Crippen LogP contribution in [-0.4, -0.2) is 29.1 Å². The number of fused-ring (bicyclic) bond motifs is 1. The summed E-state index contributed by atoms with van der Waals surface area (Å²) in [5.74, 6) is 0.278. The molecule has 1 unspecified atom stereocenters. The van der Waals surface area contributed by atoms with E-state index >= 15 is 0 Å². The highest BCUT2D eigenvalue weighted by Crippen LogP contribution is 2.29. The van der Waals surface area contributed by atoms with E-state index in [1.165, 1.54) is 6.07 Å². The quantitative estimate of drug-likeness (QED) is 0.761. The minimum Gasteiger partial charge on any atom is -0.350 e. The van der Waals surface area contributed by atoms with Gasteiger partial charge in [0.1, 0.15) is 5.82 Å². The number of aromatic nitrogens is 2. The number of hydrogen-bond donors (Lipinski definition) is 2. The molecule has 0 bridgehead atoms. The zero-order chi connectivity index (χ0) is 15.6. The molecule has 2 N–H and O–H groups in total. The zero-order valence-corrected chi connectivity index (χ0v) is 13.8. The Bertz CT molecular complexity index is 849. The molecule has 1 fully saturated rings. The number of rotatable bonds is 3. The van der Waals surface area contributed by atoms with Crippen LogP contribution in [0.4, 0.5) is 10.3 Å². The molecule has 0 radical (unpaired) electrons. The molecule has 1 aromatic heterocycles. The van der Waals surface area contributed by atoms with Crippen LogP contribution in [0, 0.1) is 5.82 Å². The van der Waals surface area contributed by atoms with Crippen molar-refractivity contribution in [1.29, 1.82) is 0 Å². The molecule has 0 saturated carbocycles. The first-order valence-corrected chi connectivity index (χ1v) is 7.80. The van der Waals surface area contributed by atoms with E-state index in [4.69, 9.17) is 0 Å². The highest BCUT2D eigenvalue weighted by molar-refractivity contribution is 5.93. The molecule has 2 aromatic carbocycles. The van der Waals surface area contributed by atoms with E-state index in [1.807, 2.05) is 30.3 Å². The fourth-order valence-corrected chi connectivity index (χ4v) is 2.96. The Labute approximate surface area is 145 Å². The largest absolute Gasteiger partial charge is 0.350 e. The van der Waals surface area contributed by atoms with Crippen LogP contribution in [0.5, 0.6) is 0 Å². The number of anilines is 1. The highest BCUT2D eigenvalue weighted by Gasteiger charge is 2.17. The van der Waals surface area contributed by atoms with Gasteiger partial charge in [-0.25, -0.2) is 14.4 Å². The maximum absolute atomic E-state index is 14.2. The van der Waals surface area contributed by atoms with Crippen molar-refractivity contribution >= 4 is 29.3 Å². The molecule has 2 heterocycles. The molecular formula is C18H18ClFN4. The second-order valence-corrected chi connectivity index (χ2v) is 5.73. The van der Waals surface area contributed by atoms with E-state index < -0.39 is 0 Å². The standard InChI is InChI=1S/C18H17FN4.ClH/c19-15-7-3-1-5-13(15)17-14-6-2-4-8-16(14)22-18(23-17)21-12-9-10-20-11-12;/h1-8,12,20H,9-11H2,(H,21,22,23);1H. The van der Waals surface area contributed by atoms with E-state index in [0.29, 0.717) is 23.2 Å². The first-order chi connectivity index (χ1) is 11.3. The average Bonchev–Trinajstić information content (AvgIpc) is 3.08. The summed E-state index contributed by atoms with van der Waals surface area (Å²) in [4.78, 5) is 9.19. The Morgan fingerprint density at radius 2 is 1.83 bits per heavy atom. The van der Waals surface area contributed by atoms with Crippen molar-refractivity contribution in [2.45, 2.75) is 12.5 Å². The van der Waals surface area contributed by atoms with Crippen LogP contribution in [0.3, 0.4) is 0 Å². The molecular weight excluding hydrogens is 327 g/mol. The third-order valence-corrected chi connectivity index (χ3v) is 4.13. The first-order valence-electron chi connectivity index (χ1n) is 7.80. The van der Waals surface area contributed by atoms with E-state index in [2.05, 4.69) is 20.6 Å². The van der Waals surface area contributed by atoms with Crippen LogP contribution < -0.4 is 10.6 Å². The Balaban J connectivity index is 0.00000169. The molecule has 1 aliphatic heterocycles. The maximum atomic E-state index is 14.2. The van der Waals surface area contributed by atoms with Gasteiger partial charge in [-0.3, -0.25) is 0 Å². The summed E-state index contributed by atoms with van der Waals surface area (Å²) < 4.78 is 14.2. The van der Waals surface area contributed by atoms with Gasteiger partial charge in [0.2, 0.25) is 5.95 Å². The van der Waals surface area contributed by atoms with Crippen molar-refractivity contribution < 1.29 is 4.39 Å². The lowest BCUT2D eigenvalue weighted by atomic mass is 10.1. The third kappa shape index (κ3) is 3.18. The van der Waals surface area contributed by atoms with Gasteiger partial charge in [-0.05, 0) is 31.2 Å². The summed E-state index contributed by atoms with van der Waals surface area (Å²) in [5.41, 5.74) is 1.94. The lowest BCUT2D eigenvalue weighted by Crippen LogP contribution is -2.23. The fraction of sp³-hybridized carbons (Fsp3) is 0.222. The number of nitrogens with zero attached hydrogens (tertiary/aromatic N) is 2. The second kappa shape index (κ2) is 7.11. The van der Waals surface area contributed by atoms with E-state index in [0.717, 1.165) is 30.4 Å². The Morgan fingerprint density at radius 3 is 2.62 bits per heavy atom. The van der Waals surface area contributed by atoms with Gasteiger partial charge in [0.15, 0.2) is 0 Å². The fourth-order valence-electron chi connectivity index (χ4n) is 2.96. The molecule has 0 amide bonds. The van der Waals surface area contributed by atoms with Gasteiger partial charge in [0, 0.05) is 23.5 Å². The Kier molecular flexibility index (Phi) is 4.92. The lowest BCUT2D eigenvalue weighted by Gasteiger charge is -2.14. The summed E-state index contributed by atoms with van der Waals surface area (Å²) in [5, 5.41) is 7.52. The lowest BCUT2D eigenvalue weighted by molar-refractivity contribution is 0.631. The van der Waals surface area contributed by atoms with Gasteiger partial charge >= 0.3 is 0 Å². The number of para-hydroxylation sites is 1. The zero-order valence-electron chi connectivity index (χ0n) is 13.0. The number of benzene rings is 2. The Morgan fingerprint density at radius 1 is 1.04 bits per heavy atom.